The summed E-state index contributed by atoms with van der Waals surface area (Å²) in [4.78, 5) is 59.7. The number of amides is 4. The van der Waals surface area contributed by atoms with Crippen molar-refractivity contribution in [2.24, 2.45) is 0 Å². The van der Waals surface area contributed by atoms with E-state index in [1.807, 2.05) is 16.9 Å². The third kappa shape index (κ3) is 10.1. The molecule has 6 heterocycles. The number of hydrogen-bond acceptors (Lipinski definition) is 15. The molecule has 70 heavy (non-hydrogen) atoms. The minimum absolute atomic E-state index is 0.0501. The van der Waals surface area contributed by atoms with Crippen molar-refractivity contribution in [3.63, 3.8) is 0 Å². The summed E-state index contributed by atoms with van der Waals surface area (Å²) in [5.74, 6) is -1.22. The Morgan fingerprint density at radius 2 is 1.47 bits per heavy atom. The molecular formula is C52H62N12O6. The van der Waals surface area contributed by atoms with Gasteiger partial charge in [0, 0.05) is 74.4 Å². The molecule has 3 saturated heterocycles. The molecule has 18 nitrogen and oxygen atoms in total. The first kappa shape index (κ1) is 46.6. The number of fused-ring (bicyclic) bond motifs is 1. The van der Waals surface area contributed by atoms with E-state index in [9.17, 15) is 24.3 Å². The number of ether oxygens (including phenoxy) is 1. The number of aromatic hydroxyl groups is 1. The van der Waals surface area contributed by atoms with E-state index >= 15 is 0 Å². The summed E-state index contributed by atoms with van der Waals surface area (Å²) >= 11 is 0. The first-order chi connectivity index (χ1) is 34.1. The van der Waals surface area contributed by atoms with Crippen LogP contribution in [0.2, 0.25) is 0 Å². The minimum atomic E-state index is -1.01. The molecule has 5 N–H and O–H groups in total. The SMILES string of the molecule is Nc1nnc(-c2ccccc2O)cc1OC1CCCN(c2ccc(N3CCN(CCCCCCCCCn4cc(C5(Nc6cccc7c6C(=O)N(C6CCC(=O)NC6=O)C7=O)CC5)nn4)CC3)cc2)C1. The zero-order valence-corrected chi connectivity index (χ0v) is 39.6. The predicted molar refractivity (Wildman–Crippen MR) is 264 cm³/mol. The van der Waals surface area contributed by atoms with Crippen LogP contribution >= 0.6 is 0 Å². The number of benzene rings is 3. The number of unbranched alkanes of at least 4 members (excludes halogenated alkanes) is 6. The number of nitrogens with two attached hydrogens (primary N) is 1. The summed E-state index contributed by atoms with van der Waals surface area (Å²) in [5.41, 5.74) is 11.1. The molecule has 1 saturated carbocycles. The molecule has 4 aliphatic heterocycles. The highest BCUT2D eigenvalue weighted by Gasteiger charge is 2.50. The van der Waals surface area contributed by atoms with Crippen LogP contribution < -0.4 is 30.9 Å². The van der Waals surface area contributed by atoms with Gasteiger partial charge in [0.05, 0.1) is 29.4 Å². The fraction of sp³-hybridized carbons (Fsp3) is 0.462. The number of anilines is 4. The van der Waals surface area contributed by atoms with E-state index in [1.54, 1.807) is 42.5 Å². The van der Waals surface area contributed by atoms with Gasteiger partial charge in [0.2, 0.25) is 11.8 Å². The van der Waals surface area contributed by atoms with E-state index in [0.717, 1.165) is 101 Å². The van der Waals surface area contributed by atoms with Crippen LogP contribution in [0.5, 0.6) is 11.5 Å². The Morgan fingerprint density at radius 1 is 0.757 bits per heavy atom. The Morgan fingerprint density at radius 3 is 2.21 bits per heavy atom. The molecule has 2 aromatic heterocycles. The van der Waals surface area contributed by atoms with E-state index in [2.05, 4.69) is 70.1 Å². The van der Waals surface area contributed by atoms with E-state index in [1.165, 1.54) is 43.5 Å². The number of nitrogens with zero attached hydrogens (tertiary/aromatic N) is 9. The van der Waals surface area contributed by atoms with Crippen molar-refractivity contribution in [3.8, 4) is 22.8 Å². The topological polar surface area (TPSA) is 217 Å². The normalized spacial score (nSPS) is 20.1. The third-order valence-electron chi connectivity index (χ3n) is 14.6. The molecule has 5 aromatic rings. The average Bonchev–Trinajstić information content (AvgIpc) is 3.90. The number of aromatic nitrogens is 5. The van der Waals surface area contributed by atoms with Crippen LogP contribution in [-0.4, -0.2) is 122 Å². The second kappa shape index (κ2) is 20.5. The summed E-state index contributed by atoms with van der Waals surface area (Å²) < 4.78 is 8.30. The fourth-order valence-corrected chi connectivity index (χ4v) is 10.4. The second-order valence-electron chi connectivity index (χ2n) is 19.4. The maximum absolute atomic E-state index is 13.6. The maximum atomic E-state index is 13.6. The molecule has 2 atom stereocenters. The molecular weight excluding hydrogens is 889 g/mol. The number of piperidine rings is 2. The molecule has 18 heteroatoms. The Bertz CT molecular complexity index is 2720. The molecule has 1 aliphatic carbocycles. The lowest BCUT2D eigenvalue weighted by molar-refractivity contribution is -0.136. The number of phenols is 1. The smallest absolute Gasteiger partial charge is 0.264 e. The number of nitrogen functional groups attached to an aromatic ring is 1. The van der Waals surface area contributed by atoms with Crippen LogP contribution in [0.15, 0.2) is 79.0 Å². The highest BCUT2D eigenvalue weighted by molar-refractivity contribution is 6.25. The Labute approximate surface area is 407 Å². The highest BCUT2D eigenvalue weighted by atomic mass is 16.5. The number of carbonyl (C=O) groups is 4. The first-order valence-corrected chi connectivity index (χ1v) is 25.1. The molecule has 3 aromatic carbocycles. The van der Waals surface area contributed by atoms with Crippen molar-refractivity contribution in [1.29, 1.82) is 0 Å². The van der Waals surface area contributed by atoms with Gasteiger partial charge in [-0.15, -0.1) is 15.3 Å². The molecule has 2 unspecified atom stereocenters. The largest absolute Gasteiger partial charge is 0.507 e. The van der Waals surface area contributed by atoms with Gasteiger partial charge in [-0.25, -0.2) is 0 Å². The molecule has 4 amide bonds. The number of hydrogen-bond donors (Lipinski definition) is 4. The van der Waals surface area contributed by atoms with Crippen LogP contribution in [0.3, 0.4) is 0 Å². The molecule has 4 fully saturated rings. The monoisotopic (exact) mass is 950 g/mol. The first-order valence-electron chi connectivity index (χ1n) is 25.1. The number of piperazine rings is 1. The number of aryl methyl sites for hydroxylation is 1. The molecule has 5 aliphatic rings. The molecule has 10 rings (SSSR count). The lowest BCUT2D eigenvalue weighted by Crippen LogP contribution is -2.54. The number of imide groups is 2. The van der Waals surface area contributed by atoms with Crippen LogP contribution in [0.4, 0.5) is 22.9 Å². The third-order valence-corrected chi connectivity index (χ3v) is 14.6. The van der Waals surface area contributed by atoms with Crippen molar-refractivity contribution in [1.82, 2.24) is 40.3 Å². The summed E-state index contributed by atoms with van der Waals surface area (Å²) in [6.45, 7) is 7.85. The summed E-state index contributed by atoms with van der Waals surface area (Å²) in [6, 6.07) is 21.9. The summed E-state index contributed by atoms with van der Waals surface area (Å²) in [7, 11) is 0. The quantitative estimate of drug-likeness (QED) is 0.0541. The van der Waals surface area contributed by atoms with Gasteiger partial charge >= 0.3 is 0 Å². The number of para-hydroxylation sites is 1. The number of phenolic OH excluding ortho intramolecular Hbond substituents is 1. The molecule has 0 spiro atoms. The minimum Gasteiger partial charge on any atom is -0.507 e. The van der Waals surface area contributed by atoms with Gasteiger partial charge in [0.15, 0.2) is 11.6 Å². The van der Waals surface area contributed by atoms with Gasteiger partial charge in [-0.05, 0) is 100 Å². The van der Waals surface area contributed by atoms with Gasteiger partial charge in [0.25, 0.3) is 11.8 Å². The van der Waals surface area contributed by atoms with Gasteiger partial charge in [-0.2, -0.15) is 0 Å². The van der Waals surface area contributed by atoms with E-state index in [-0.39, 0.29) is 41.6 Å². The van der Waals surface area contributed by atoms with Crippen LogP contribution in [-0.2, 0) is 21.7 Å². The zero-order chi connectivity index (χ0) is 48.2. The van der Waals surface area contributed by atoms with E-state index in [4.69, 9.17) is 10.5 Å². The molecule has 366 valence electrons. The lowest BCUT2D eigenvalue weighted by Gasteiger charge is -2.37. The van der Waals surface area contributed by atoms with Crippen molar-refractivity contribution in [3.05, 3.63) is 95.8 Å². The van der Waals surface area contributed by atoms with E-state index < -0.39 is 35.2 Å². The van der Waals surface area contributed by atoms with Gasteiger partial charge in [0.1, 0.15) is 29.3 Å². The molecule has 0 radical (unpaired) electrons. The summed E-state index contributed by atoms with van der Waals surface area (Å²) in [6.07, 6.45) is 14.0. The van der Waals surface area contributed by atoms with Gasteiger partial charge in [-0.1, -0.05) is 55.5 Å². The van der Waals surface area contributed by atoms with Crippen molar-refractivity contribution in [2.45, 2.75) is 108 Å². The zero-order valence-electron chi connectivity index (χ0n) is 39.6. The second-order valence-corrected chi connectivity index (χ2v) is 19.4. The number of carbonyl (C=O) groups excluding carboxylic acids is 4. The van der Waals surface area contributed by atoms with Crippen LogP contribution in [0.25, 0.3) is 11.3 Å². The number of rotatable bonds is 19. The predicted octanol–water partition coefficient (Wildman–Crippen LogP) is 6.13. The lowest BCUT2D eigenvalue weighted by atomic mass is 10.0. The standard InChI is InChI=1S/C52H62N12O6/c53-48-44(32-41(56-58-48)38-13-6-7-16-43(38)65)70-37-12-11-26-62(33-37)36-19-17-35(18-20-36)61-30-28-60(29-31-61)25-8-4-2-1-3-5-9-27-63-34-45(57-59-63)52(23-24-52)55-40-15-10-14-39-47(40)51(69)64(50(39)68)42-21-22-46(66)54-49(42)67/h6-7,10,13-20,32,34,37,42,55,65H,1-5,8-9,11-12,21-31,33H2,(H2,53,58)(H,54,66,67). The van der Waals surface area contributed by atoms with Crippen molar-refractivity contribution in [2.75, 3.05) is 66.7 Å². The Kier molecular flexibility index (Phi) is 13.6. The van der Waals surface area contributed by atoms with Crippen molar-refractivity contribution >= 4 is 46.5 Å². The fourth-order valence-electron chi connectivity index (χ4n) is 10.4. The average molecular weight is 951 g/mol. The van der Waals surface area contributed by atoms with Crippen molar-refractivity contribution < 1.29 is 29.0 Å². The van der Waals surface area contributed by atoms with Crippen LogP contribution in [0.1, 0.15) is 110 Å². The Hall–Kier alpha value is -7.08. The highest BCUT2D eigenvalue weighted by Crippen LogP contribution is 2.49. The summed E-state index contributed by atoms with van der Waals surface area (Å²) in [5, 5.41) is 33.3. The number of nitrogens with one attached hydrogen (secondary N) is 2. The Balaban J connectivity index is 0.600. The van der Waals surface area contributed by atoms with Crippen LogP contribution in [0, 0.1) is 0 Å². The van der Waals surface area contributed by atoms with Gasteiger partial charge < -0.3 is 30.7 Å². The maximum Gasteiger partial charge on any atom is 0.264 e. The van der Waals surface area contributed by atoms with Gasteiger partial charge in [-0.3, -0.25) is 39.0 Å². The van der Waals surface area contributed by atoms with E-state index in [0.29, 0.717) is 22.7 Å². The molecule has 0 bridgehead atoms.